The summed E-state index contributed by atoms with van der Waals surface area (Å²) >= 11 is 0. The van der Waals surface area contributed by atoms with E-state index in [4.69, 9.17) is 26.8 Å². The number of carbonyl (C=O) groups is 1. The van der Waals surface area contributed by atoms with E-state index in [1.807, 2.05) is 13.1 Å². The zero-order valence-corrected chi connectivity index (χ0v) is 17.6. The summed E-state index contributed by atoms with van der Waals surface area (Å²) in [5, 5.41) is 6.39. The van der Waals surface area contributed by atoms with E-state index in [1.54, 1.807) is 27.2 Å². The molecule has 0 bridgehead atoms. The minimum Gasteiger partial charge on any atom is -0.493 e. The number of rotatable bonds is 11. The molecule has 0 aliphatic carbocycles. The number of ether oxygens (including phenoxy) is 4. The van der Waals surface area contributed by atoms with Crippen LogP contribution in [0.2, 0.25) is 0 Å². The molecule has 8 nitrogen and oxygen atoms in total. The first-order valence-corrected chi connectivity index (χ1v) is 9.35. The van der Waals surface area contributed by atoms with Gasteiger partial charge >= 0.3 is 5.97 Å². The van der Waals surface area contributed by atoms with Gasteiger partial charge in [-0.05, 0) is 26.1 Å². The third kappa shape index (κ3) is 4.86. The molecule has 0 fully saturated rings. The molecule has 156 valence electrons. The van der Waals surface area contributed by atoms with Crippen LogP contribution in [0.5, 0.6) is 17.2 Å². The Morgan fingerprint density at radius 1 is 1.10 bits per heavy atom. The molecule has 0 spiro atoms. The Morgan fingerprint density at radius 2 is 1.83 bits per heavy atom. The lowest BCUT2D eigenvalue weighted by molar-refractivity contribution is 0.0521. The molecule has 2 aromatic rings. The number of esters is 1. The van der Waals surface area contributed by atoms with Crippen molar-refractivity contribution in [1.82, 2.24) is 15.6 Å². The maximum atomic E-state index is 12.4. The summed E-state index contributed by atoms with van der Waals surface area (Å²) in [4.78, 5) is 15.5. The van der Waals surface area contributed by atoms with Crippen LogP contribution in [0, 0.1) is 0 Å². The summed E-state index contributed by atoms with van der Waals surface area (Å²) in [5.74, 6) is 0.929. The number of methoxy groups -OCH3 is 3. The first-order valence-electron chi connectivity index (χ1n) is 9.35. The van der Waals surface area contributed by atoms with Crippen LogP contribution in [-0.2, 0) is 11.3 Å². The Labute approximate surface area is 172 Å². The Morgan fingerprint density at radius 3 is 2.41 bits per heavy atom. The lowest BCUT2D eigenvalue weighted by atomic mass is 9.86. The van der Waals surface area contributed by atoms with E-state index in [9.17, 15) is 4.79 Å². The monoisotopic (exact) mass is 401 g/mol. The van der Waals surface area contributed by atoms with Crippen LogP contribution in [0.3, 0.4) is 0 Å². The molecule has 1 heterocycles. The summed E-state index contributed by atoms with van der Waals surface area (Å²) in [5.41, 5.74) is 2.58. The molecule has 3 N–H and O–H groups in total. The maximum absolute atomic E-state index is 12.4. The Hall–Kier alpha value is -2.65. The number of aromatic amines is 1. The number of H-pyrrole nitrogens is 1. The fourth-order valence-corrected chi connectivity index (χ4v) is 3.10. The summed E-state index contributed by atoms with van der Waals surface area (Å²) in [6, 6.07) is 3.59. The predicted octanol–water partition coefficient (Wildman–Crippen LogP) is 0.987. The second kappa shape index (κ2) is 10.8. The SMILES string of the molecule is [B]c1c(C(=O)OCC)[nH]c(CNCCNC)c1-c1ccc(OC)c(OC)c1OC. The first kappa shape index (κ1) is 22.6. The van der Waals surface area contributed by atoms with Gasteiger partial charge in [0.15, 0.2) is 11.5 Å². The maximum Gasteiger partial charge on any atom is 0.354 e. The van der Waals surface area contributed by atoms with Crippen molar-refractivity contribution in [3.8, 4) is 28.4 Å². The third-order valence-electron chi connectivity index (χ3n) is 4.42. The first-order chi connectivity index (χ1) is 14.0. The summed E-state index contributed by atoms with van der Waals surface area (Å²) in [6.45, 7) is 4.01. The zero-order valence-electron chi connectivity index (χ0n) is 17.6. The highest BCUT2D eigenvalue weighted by Crippen LogP contribution is 2.44. The number of nitrogens with one attached hydrogen (secondary N) is 3. The van der Waals surface area contributed by atoms with Crippen LogP contribution in [0.1, 0.15) is 23.1 Å². The third-order valence-corrected chi connectivity index (χ3v) is 4.42. The fourth-order valence-electron chi connectivity index (χ4n) is 3.10. The van der Waals surface area contributed by atoms with Crippen molar-refractivity contribution < 1.29 is 23.7 Å². The van der Waals surface area contributed by atoms with Crippen LogP contribution in [-0.4, -0.2) is 66.9 Å². The van der Waals surface area contributed by atoms with Gasteiger partial charge in [-0.25, -0.2) is 4.79 Å². The average Bonchev–Trinajstić information content (AvgIpc) is 3.06. The highest BCUT2D eigenvalue weighted by atomic mass is 16.5. The Bertz CT molecular complexity index is 838. The van der Waals surface area contributed by atoms with Crippen molar-refractivity contribution in [2.45, 2.75) is 13.5 Å². The van der Waals surface area contributed by atoms with Gasteiger partial charge in [-0.3, -0.25) is 0 Å². The second-order valence-corrected chi connectivity index (χ2v) is 6.15. The molecule has 0 amide bonds. The van der Waals surface area contributed by atoms with Crippen LogP contribution in [0.25, 0.3) is 11.1 Å². The van der Waals surface area contributed by atoms with Crippen LogP contribution in [0.15, 0.2) is 12.1 Å². The van der Waals surface area contributed by atoms with E-state index in [-0.39, 0.29) is 12.3 Å². The van der Waals surface area contributed by atoms with E-state index in [0.717, 1.165) is 18.8 Å². The van der Waals surface area contributed by atoms with Crippen molar-refractivity contribution in [3.05, 3.63) is 23.5 Å². The van der Waals surface area contributed by atoms with E-state index in [1.165, 1.54) is 7.11 Å². The number of likely N-dealkylation sites (N-methyl/N-ethyl adjacent to an activating group) is 1. The topological polar surface area (TPSA) is 93.8 Å². The van der Waals surface area contributed by atoms with Crippen LogP contribution in [0.4, 0.5) is 0 Å². The molecule has 0 aliphatic rings. The molecule has 2 rings (SSSR count). The zero-order chi connectivity index (χ0) is 21.4. The van der Waals surface area contributed by atoms with Gasteiger partial charge in [-0.2, -0.15) is 0 Å². The summed E-state index contributed by atoms with van der Waals surface area (Å²) in [6.07, 6.45) is 0. The second-order valence-electron chi connectivity index (χ2n) is 6.15. The lowest BCUT2D eigenvalue weighted by Crippen LogP contribution is -2.24. The van der Waals surface area contributed by atoms with Gasteiger partial charge in [0.2, 0.25) is 5.75 Å². The highest BCUT2D eigenvalue weighted by Gasteiger charge is 2.25. The highest BCUT2D eigenvalue weighted by molar-refractivity contribution is 6.40. The molecule has 0 unspecified atom stereocenters. The predicted molar refractivity (Wildman–Crippen MR) is 113 cm³/mol. The number of hydrogen-bond acceptors (Lipinski definition) is 7. The standard InChI is InChI=1S/C20H28BN3O5/c1-6-29-20(25)17-16(21)15(13(24-17)11-23-10-9-22-2)12-7-8-14(26-3)19(28-5)18(12)27-4/h7-8,22-24H,6,9-11H2,1-5H3. The molecule has 0 atom stereocenters. The van der Waals surface area contributed by atoms with E-state index in [0.29, 0.717) is 40.4 Å². The number of aromatic nitrogens is 1. The van der Waals surface area contributed by atoms with Crippen molar-refractivity contribution in [2.24, 2.45) is 0 Å². The van der Waals surface area contributed by atoms with Gasteiger partial charge in [-0.1, -0.05) is 5.46 Å². The quantitative estimate of drug-likeness (QED) is 0.294. The minimum absolute atomic E-state index is 0.212. The van der Waals surface area contributed by atoms with E-state index < -0.39 is 5.97 Å². The minimum atomic E-state index is -0.507. The Kier molecular flexibility index (Phi) is 8.42. The van der Waals surface area contributed by atoms with Gasteiger partial charge in [0.05, 0.1) is 27.9 Å². The van der Waals surface area contributed by atoms with Gasteiger partial charge in [0, 0.05) is 36.5 Å². The van der Waals surface area contributed by atoms with Crippen LogP contribution >= 0.6 is 0 Å². The van der Waals surface area contributed by atoms with Crippen molar-refractivity contribution in [2.75, 3.05) is 48.1 Å². The molecule has 0 aliphatic heterocycles. The summed E-state index contributed by atoms with van der Waals surface area (Å²) in [7, 11) is 12.9. The molecular formula is C20H28BN3O5. The fraction of sp³-hybridized carbons (Fsp3) is 0.450. The largest absolute Gasteiger partial charge is 0.493 e. The number of benzene rings is 1. The smallest absolute Gasteiger partial charge is 0.354 e. The normalized spacial score (nSPS) is 10.7. The van der Waals surface area contributed by atoms with Gasteiger partial charge in [-0.15, -0.1) is 0 Å². The van der Waals surface area contributed by atoms with Crippen LogP contribution < -0.4 is 30.3 Å². The van der Waals surface area contributed by atoms with Crippen molar-refractivity contribution in [3.63, 3.8) is 0 Å². The molecule has 29 heavy (non-hydrogen) atoms. The van der Waals surface area contributed by atoms with Gasteiger partial charge < -0.3 is 34.6 Å². The molecule has 0 saturated carbocycles. The lowest BCUT2D eigenvalue weighted by Gasteiger charge is -2.17. The number of hydrogen-bond donors (Lipinski definition) is 3. The van der Waals surface area contributed by atoms with E-state index >= 15 is 0 Å². The average molecular weight is 401 g/mol. The molecule has 9 heteroatoms. The molecular weight excluding hydrogens is 373 g/mol. The molecule has 2 radical (unpaired) electrons. The van der Waals surface area contributed by atoms with Gasteiger partial charge in [0.1, 0.15) is 13.5 Å². The molecule has 1 aromatic carbocycles. The summed E-state index contributed by atoms with van der Waals surface area (Å²) < 4.78 is 21.6. The molecule has 1 aromatic heterocycles. The van der Waals surface area contributed by atoms with Crippen molar-refractivity contribution >= 4 is 19.3 Å². The molecule has 0 saturated heterocycles. The number of carbonyl (C=O) groups excluding carboxylic acids is 1. The van der Waals surface area contributed by atoms with Crippen molar-refractivity contribution in [1.29, 1.82) is 0 Å². The van der Waals surface area contributed by atoms with Gasteiger partial charge in [0.25, 0.3) is 0 Å². The Balaban J connectivity index is 2.61. The van der Waals surface area contributed by atoms with E-state index in [2.05, 4.69) is 15.6 Å².